The molecule has 0 fully saturated rings. The van der Waals surface area contributed by atoms with Crippen molar-refractivity contribution in [1.29, 1.82) is 0 Å². The standard InChI is InChI=1S/C15H17N3O2/c1-19-14-7-10(8-16)5-6-13(14)20-15-11-3-2-4-12(11)17-9-18-15/h5-7,9H,2-4,8,16H2,1H3. The van der Waals surface area contributed by atoms with E-state index in [0.717, 1.165) is 36.1 Å². The third-order valence-electron chi connectivity index (χ3n) is 3.51. The normalized spacial score (nSPS) is 13.1. The summed E-state index contributed by atoms with van der Waals surface area (Å²) in [5.74, 6) is 1.95. The molecule has 1 aromatic heterocycles. The minimum atomic E-state index is 0.472. The van der Waals surface area contributed by atoms with Crippen LogP contribution >= 0.6 is 0 Å². The van der Waals surface area contributed by atoms with Gasteiger partial charge in [-0.05, 0) is 37.0 Å². The maximum Gasteiger partial charge on any atom is 0.225 e. The van der Waals surface area contributed by atoms with Crippen LogP contribution in [0.5, 0.6) is 17.4 Å². The van der Waals surface area contributed by atoms with Gasteiger partial charge in [-0.3, -0.25) is 0 Å². The average molecular weight is 271 g/mol. The summed E-state index contributed by atoms with van der Waals surface area (Å²) < 4.78 is 11.3. The molecule has 0 aliphatic heterocycles. The van der Waals surface area contributed by atoms with Crippen LogP contribution < -0.4 is 15.2 Å². The molecule has 0 radical (unpaired) electrons. The molecule has 5 heteroatoms. The second-order valence-corrected chi connectivity index (χ2v) is 4.75. The highest BCUT2D eigenvalue weighted by Crippen LogP contribution is 2.35. The van der Waals surface area contributed by atoms with Gasteiger partial charge in [-0.2, -0.15) is 0 Å². The predicted octanol–water partition coefficient (Wildman–Crippen LogP) is 2.22. The Kier molecular flexibility index (Phi) is 3.52. The zero-order chi connectivity index (χ0) is 13.9. The summed E-state index contributed by atoms with van der Waals surface area (Å²) in [4.78, 5) is 8.54. The number of nitrogens with two attached hydrogens (primary N) is 1. The van der Waals surface area contributed by atoms with Gasteiger partial charge < -0.3 is 15.2 Å². The number of nitrogens with zero attached hydrogens (tertiary/aromatic N) is 2. The van der Waals surface area contributed by atoms with Gasteiger partial charge in [-0.1, -0.05) is 6.07 Å². The highest BCUT2D eigenvalue weighted by Gasteiger charge is 2.19. The summed E-state index contributed by atoms with van der Waals surface area (Å²) in [5, 5.41) is 0. The number of aryl methyl sites for hydroxylation is 1. The van der Waals surface area contributed by atoms with Crippen molar-refractivity contribution >= 4 is 0 Å². The van der Waals surface area contributed by atoms with E-state index in [1.807, 2.05) is 18.2 Å². The van der Waals surface area contributed by atoms with Crippen molar-refractivity contribution in [2.24, 2.45) is 5.73 Å². The highest BCUT2D eigenvalue weighted by molar-refractivity contribution is 5.46. The summed E-state index contributed by atoms with van der Waals surface area (Å²) in [6.45, 7) is 0.472. The van der Waals surface area contributed by atoms with Gasteiger partial charge in [0.05, 0.1) is 12.8 Å². The molecule has 0 amide bonds. The lowest BCUT2D eigenvalue weighted by Crippen LogP contribution is -2.00. The van der Waals surface area contributed by atoms with E-state index in [1.165, 1.54) is 0 Å². The lowest BCUT2D eigenvalue weighted by atomic mass is 10.2. The molecule has 2 aromatic rings. The van der Waals surface area contributed by atoms with Crippen molar-refractivity contribution in [3.05, 3.63) is 41.3 Å². The van der Waals surface area contributed by atoms with Crippen LogP contribution in [0.2, 0.25) is 0 Å². The zero-order valence-corrected chi connectivity index (χ0v) is 11.4. The number of methoxy groups -OCH3 is 1. The van der Waals surface area contributed by atoms with Crippen LogP contribution in [0.15, 0.2) is 24.5 Å². The minimum Gasteiger partial charge on any atom is -0.493 e. The number of benzene rings is 1. The Morgan fingerprint density at radius 1 is 1.20 bits per heavy atom. The topological polar surface area (TPSA) is 70.3 Å². The molecule has 5 nitrogen and oxygen atoms in total. The van der Waals surface area contributed by atoms with Gasteiger partial charge in [-0.25, -0.2) is 9.97 Å². The second kappa shape index (κ2) is 5.46. The fourth-order valence-corrected chi connectivity index (χ4v) is 2.44. The van der Waals surface area contributed by atoms with E-state index in [2.05, 4.69) is 9.97 Å². The first-order valence-corrected chi connectivity index (χ1v) is 6.69. The van der Waals surface area contributed by atoms with Crippen LogP contribution in [-0.4, -0.2) is 17.1 Å². The Morgan fingerprint density at radius 2 is 2.10 bits per heavy atom. The van der Waals surface area contributed by atoms with Crippen LogP contribution in [0.25, 0.3) is 0 Å². The third-order valence-corrected chi connectivity index (χ3v) is 3.51. The zero-order valence-electron chi connectivity index (χ0n) is 11.4. The molecule has 1 aliphatic carbocycles. The van der Waals surface area contributed by atoms with Crippen molar-refractivity contribution in [1.82, 2.24) is 9.97 Å². The minimum absolute atomic E-state index is 0.472. The van der Waals surface area contributed by atoms with Gasteiger partial charge in [0.25, 0.3) is 0 Å². The van der Waals surface area contributed by atoms with Gasteiger partial charge in [0.15, 0.2) is 11.5 Å². The van der Waals surface area contributed by atoms with Gasteiger partial charge in [-0.15, -0.1) is 0 Å². The van der Waals surface area contributed by atoms with Crippen LogP contribution in [0.1, 0.15) is 23.2 Å². The van der Waals surface area contributed by atoms with E-state index in [0.29, 0.717) is 23.9 Å². The van der Waals surface area contributed by atoms with Gasteiger partial charge in [0.2, 0.25) is 5.88 Å². The van der Waals surface area contributed by atoms with Gasteiger partial charge >= 0.3 is 0 Å². The van der Waals surface area contributed by atoms with Crippen LogP contribution in [0.3, 0.4) is 0 Å². The van der Waals surface area contributed by atoms with Gasteiger partial charge in [0.1, 0.15) is 6.33 Å². The Morgan fingerprint density at radius 3 is 2.90 bits per heavy atom. The molecule has 104 valence electrons. The van der Waals surface area contributed by atoms with Gasteiger partial charge in [0, 0.05) is 12.1 Å². The molecule has 0 spiro atoms. The molecule has 0 unspecified atom stereocenters. The second-order valence-electron chi connectivity index (χ2n) is 4.75. The number of fused-ring (bicyclic) bond motifs is 1. The number of rotatable bonds is 4. The van der Waals surface area contributed by atoms with E-state index in [9.17, 15) is 0 Å². The summed E-state index contributed by atoms with van der Waals surface area (Å²) in [7, 11) is 1.62. The fraction of sp³-hybridized carbons (Fsp3) is 0.333. The summed E-state index contributed by atoms with van der Waals surface area (Å²) in [6.07, 6.45) is 4.63. The smallest absolute Gasteiger partial charge is 0.225 e. The lowest BCUT2D eigenvalue weighted by Gasteiger charge is -2.12. The van der Waals surface area contributed by atoms with E-state index in [-0.39, 0.29) is 0 Å². The number of hydrogen-bond donors (Lipinski definition) is 1. The quantitative estimate of drug-likeness (QED) is 0.923. The largest absolute Gasteiger partial charge is 0.493 e. The number of aromatic nitrogens is 2. The first kappa shape index (κ1) is 12.9. The average Bonchev–Trinajstić information content (AvgIpc) is 2.97. The van der Waals surface area contributed by atoms with Crippen LogP contribution in [-0.2, 0) is 19.4 Å². The Hall–Kier alpha value is -2.14. The molecular weight excluding hydrogens is 254 g/mol. The molecule has 0 atom stereocenters. The first-order chi connectivity index (χ1) is 9.81. The first-order valence-electron chi connectivity index (χ1n) is 6.69. The highest BCUT2D eigenvalue weighted by atomic mass is 16.5. The fourth-order valence-electron chi connectivity index (χ4n) is 2.44. The maximum atomic E-state index is 5.93. The Balaban J connectivity index is 1.94. The Labute approximate surface area is 117 Å². The SMILES string of the molecule is COc1cc(CN)ccc1Oc1ncnc2c1CCC2. The van der Waals surface area contributed by atoms with Crippen molar-refractivity contribution in [3.8, 4) is 17.4 Å². The molecular formula is C15H17N3O2. The van der Waals surface area contributed by atoms with Crippen molar-refractivity contribution in [2.45, 2.75) is 25.8 Å². The summed E-state index contributed by atoms with van der Waals surface area (Å²) >= 11 is 0. The van der Waals surface area contributed by atoms with E-state index >= 15 is 0 Å². The Bertz CT molecular complexity index is 629. The summed E-state index contributed by atoms with van der Waals surface area (Å²) in [6, 6.07) is 5.68. The number of ether oxygens (including phenoxy) is 2. The van der Waals surface area contributed by atoms with Crippen molar-refractivity contribution in [3.63, 3.8) is 0 Å². The van der Waals surface area contributed by atoms with E-state index in [4.69, 9.17) is 15.2 Å². The molecule has 0 bridgehead atoms. The number of hydrogen-bond acceptors (Lipinski definition) is 5. The van der Waals surface area contributed by atoms with Crippen molar-refractivity contribution in [2.75, 3.05) is 7.11 Å². The summed E-state index contributed by atoms with van der Waals surface area (Å²) in [5.41, 5.74) is 8.83. The molecule has 3 rings (SSSR count). The molecule has 1 aromatic carbocycles. The monoisotopic (exact) mass is 271 g/mol. The maximum absolute atomic E-state index is 5.93. The van der Waals surface area contributed by atoms with Crippen LogP contribution in [0, 0.1) is 0 Å². The molecule has 1 heterocycles. The molecule has 2 N–H and O–H groups in total. The molecule has 0 saturated carbocycles. The molecule has 0 saturated heterocycles. The van der Waals surface area contributed by atoms with E-state index < -0.39 is 0 Å². The predicted molar refractivity (Wildman–Crippen MR) is 75.0 cm³/mol. The van der Waals surface area contributed by atoms with Crippen LogP contribution in [0.4, 0.5) is 0 Å². The van der Waals surface area contributed by atoms with E-state index in [1.54, 1.807) is 13.4 Å². The lowest BCUT2D eigenvalue weighted by molar-refractivity contribution is 0.372. The van der Waals surface area contributed by atoms with Crippen molar-refractivity contribution < 1.29 is 9.47 Å². The molecule has 20 heavy (non-hydrogen) atoms. The molecule has 1 aliphatic rings. The third kappa shape index (κ3) is 2.32.